The number of anilines is 1. The smallest absolute Gasteiger partial charge is 0.294 e. The largest absolute Gasteiger partial charge is 0.379 e. The normalized spacial score (nSPS) is 14.4. The molecule has 1 fully saturated rings. The molecule has 0 bridgehead atoms. The summed E-state index contributed by atoms with van der Waals surface area (Å²) in [6.07, 6.45) is 1.61. The Balaban J connectivity index is 1.20. The summed E-state index contributed by atoms with van der Waals surface area (Å²) >= 11 is 0. The van der Waals surface area contributed by atoms with Gasteiger partial charge in [0.2, 0.25) is 5.76 Å². The maximum Gasteiger partial charge on any atom is 0.294 e. The molecule has 0 spiro atoms. The van der Waals surface area contributed by atoms with Gasteiger partial charge >= 0.3 is 0 Å². The summed E-state index contributed by atoms with van der Waals surface area (Å²) in [7, 11) is 0. The monoisotopic (exact) mass is 469 g/mol. The van der Waals surface area contributed by atoms with Crippen LogP contribution in [0.5, 0.6) is 0 Å². The van der Waals surface area contributed by atoms with E-state index in [4.69, 9.17) is 14.2 Å². The number of hydrogen-bond donors (Lipinski definition) is 3. The molecule has 6 rings (SSSR count). The van der Waals surface area contributed by atoms with Crippen molar-refractivity contribution in [1.82, 2.24) is 30.2 Å². The van der Waals surface area contributed by atoms with Crippen molar-refractivity contribution in [3.05, 3.63) is 72.1 Å². The molecule has 4 heterocycles. The number of H-pyrrole nitrogens is 2. The SMILES string of the molecule is O=C(Nc1c[nH]nc1-c1nc2cc(CN3CCOCC3)ccc2[nH]1)c1cc(-c2ccccc2)no1. The third kappa shape index (κ3) is 4.44. The van der Waals surface area contributed by atoms with Crippen molar-refractivity contribution >= 4 is 22.6 Å². The van der Waals surface area contributed by atoms with Crippen LogP contribution in [-0.2, 0) is 11.3 Å². The number of rotatable bonds is 6. The van der Waals surface area contributed by atoms with Crippen LogP contribution in [0.25, 0.3) is 33.8 Å². The van der Waals surface area contributed by atoms with Gasteiger partial charge in [-0.05, 0) is 17.7 Å². The summed E-state index contributed by atoms with van der Waals surface area (Å²) in [6, 6.07) is 17.3. The molecule has 0 aliphatic carbocycles. The quantitative estimate of drug-likeness (QED) is 0.346. The highest BCUT2D eigenvalue weighted by molar-refractivity contribution is 6.04. The molecule has 2 aromatic carbocycles. The molecule has 0 atom stereocenters. The summed E-state index contributed by atoms with van der Waals surface area (Å²) in [4.78, 5) is 23.2. The molecule has 0 unspecified atom stereocenters. The highest BCUT2D eigenvalue weighted by Crippen LogP contribution is 2.27. The Kier molecular flexibility index (Phi) is 5.57. The van der Waals surface area contributed by atoms with E-state index in [0.717, 1.165) is 49.4 Å². The number of carbonyl (C=O) groups is 1. The molecular weight excluding hydrogens is 446 g/mol. The molecule has 5 aromatic rings. The molecule has 176 valence electrons. The molecule has 1 aliphatic heterocycles. The highest BCUT2D eigenvalue weighted by Gasteiger charge is 2.19. The van der Waals surface area contributed by atoms with Crippen LogP contribution in [0.15, 0.2) is 65.3 Å². The van der Waals surface area contributed by atoms with Gasteiger partial charge in [-0.1, -0.05) is 41.6 Å². The van der Waals surface area contributed by atoms with E-state index >= 15 is 0 Å². The van der Waals surface area contributed by atoms with E-state index in [2.05, 4.69) is 42.7 Å². The van der Waals surface area contributed by atoms with E-state index in [-0.39, 0.29) is 5.76 Å². The van der Waals surface area contributed by atoms with Crippen molar-refractivity contribution in [1.29, 1.82) is 0 Å². The van der Waals surface area contributed by atoms with Gasteiger partial charge in [0, 0.05) is 37.5 Å². The number of imidazole rings is 1. The maximum atomic E-state index is 12.8. The number of fused-ring (bicyclic) bond motifs is 1. The van der Waals surface area contributed by atoms with Gasteiger partial charge in [-0.2, -0.15) is 5.10 Å². The number of hydrogen-bond acceptors (Lipinski definition) is 7. The standard InChI is InChI=1S/C25H23N7O3/c33-25(22-13-19(31-35-22)17-4-2-1-3-5-17)29-21-14-26-30-23(21)24-27-18-7-6-16(12-20(18)28-24)15-32-8-10-34-11-9-32/h1-7,12-14H,8-11,15H2,(H,26,30)(H,27,28)(H,29,33). The molecule has 3 aromatic heterocycles. The molecule has 0 radical (unpaired) electrons. The van der Waals surface area contributed by atoms with Gasteiger partial charge in [0.15, 0.2) is 11.5 Å². The highest BCUT2D eigenvalue weighted by atomic mass is 16.5. The number of amides is 1. The predicted octanol–water partition coefficient (Wildman–Crippen LogP) is 3.69. The summed E-state index contributed by atoms with van der Waals surface area (Å²) in [5.41, 5.74) is 5.38. The van der Waals surface area contributed by atoms with E-state index in [1.807, 2.05) is 36.4 Å². The lowest BCUT2D eigenvalue weighted by Gasteiger charge is -2.26. The average molecular weight is 470 g/mol. The Hall–Kier alpha value is -4.28. The second-order valence-electron chi connectivity index (χ2n) is 8.37. The molecule has 10 heteroatoms. The lowest BCUT2D eigenvalue weighted by atomic mass is 10.1. The van der Waals surface area contributed by atoms with Crippen LogP contribution in [0.3, 0.4) is 0 Å². The lowest BCUT2D eigenvalue weighted by molar-refractivity contribution is 0.0342. The van der Waals surface area contributed by atoms with Crippen LogP contribution in [-0.4, -0.2) is 62.4 Å². The number of ether oxygens (including phenoxy) is 1. The number of benzene rings is 2. The lowest BCUT2D eigenvalue weighted by Crippen LogP contribution is -2.35. The second-order valence-corrected chi connectivity index (χ2v) is 8.37. The summed E-state index contributed by atoms with van der Waals surface area (Å²) in [6.45, 7) is 4.25. The molecule has 1 saturated heterocycles. The molecule has 1 amide bonds. The first-order valence-electron chi connectivity index (χ1n) is 11.4. The van der Waals surface area contributed by atoms with Gasteiger partial charge in [0.1, 0.15) is 5.69 Å². The average Bonchev–Trinajstić information content (AvgIpc) is 3.64. The Morgan fingerprint density at radius 2 is 1.94 bits per heavy atom. The van der Waals surface area contributed by atoms with Gasteiger partial charge in [-0.3, -0.25) is 14.8 Å². The fourth-order valence-electron chi connectivity index (χ4n) is 4.16. The van der Waals surface area contributed by atoms with Gasteiger partial charge in [0.05, 0.1) is 29.9 Å². The van der Waals surface area contributed by atoms with E-state index in [1.54, 1.807) is 12.3 Å². The first-order chi connectivity index (χ1) is 17.2. The number of morpholine rings is 1. The van der Waals surface area contributed by atoms with Gasteiger partial charge in [0.25, 0.3) is 5.91 Å². The molecule has 1 aliphatic rings. The number of aromatic amines is 2. The Labute approximate surface area is 200 Å². The number of carbonyl (C=O) groups excluding carboxylic acids is 1. The summed E-state index contributed by atoms with van der Waals surface area (Å²) < 4.78 is 10.7. The molecule has 35 heavy (non-hydrogen) atoms. The summed E-state index contributed by atoms with van der Waals surface area (Å²) in [5, 5.41) is 13.9. The first-order valence-corrected chi connectivity index (χ1v) is 11.4. The van der Waals surface area contributed by atoms with Crippen molar-refractivity contribution in [2.75, 3.05) is 31.6 Å². The molecule has 10 nitrogen and oxygen atoms in total. The van der Waals surface area contributed by atoms with E-state index in [9.17, 15) is 4.79 Å². The van der Waals surface area contributed by atoms with Gasteiger partial charge in [-0.15, -0.1) is 0 Å². The van der Waals surface area contributed by atoms with E-state index in [0.29, 0.717) is 22.9 Å². The molecule has 3 N–H and O–H groups in total. The van der Waals surface area contributed by atoms with Crippen LogP contribution in [0, 0.1) is 0 Å². The second kappa shape index (κ2) is 9.16. The van der Waals surface area contributed by atoms with Crippen molar-refractivity contribution in [3.63, 3.8) is 0 Å². The fourth-order valence-corrected chi connectivity index (χ4v) is 4.16. The molecular formula is C25H23N7O3. The van der Waals surface area contributed by atoms with Crippen LogP contribution in [0.4, 0.5) is 5.69 Å². The first kappa shape index (κ1) is 21.3. The zero-order valence-corrected chi connectivity index (χ0v) is 18.8. The van der Waals surface area contributed by atoms with Crippen molar-refractivity contribution in [3.8, 4) is 22.8 Å². The third-order valence-electron chi connectivity index (χ3n) is 5.97. The van der Waals surface area contributed by atoms with E-state index < -0.39 is 5.91 Å². The van der Waals surface area contributed by atoms with Crippen molar-refractivity contribution in [2.24, 2.45) is 0 Å². The Bertz CT molecular complexity index is 1460. The minimum atomic E-state index is -0.425. The third-order valence-corrected chi connectivity index (χ3v) is 5.97. The Morgan fingerprint density at radius 3 is 2.80 bits per heavy atom. The fraction of sp³-hybridized carbons (Fsp3) is 0.200. The minimum absolute atomic E-state index is 0.105. The number of aromatic nitrogens is 5. The maximum absolute atomic E-state index is 12.8. The van der Waals surface area contributed by atoms with Crippen LogP contribution >= 0.6 is 0 Å². The van der Waals surface area contributed by atoms with Crippen molar-refractivity contribution in [2.45, 2.75) is 6.54 Å². The predicted molar refractivity (Wildman–Crippen MR) is 130 cm³/mol. The van der Waals surface area contributed by atoms with E-state index in [1.165, 1.54) is 5.56 Å². The van der Waals surface area contributed by atoms with Crippen LogP contribution < -0.4 is 5.32 Å². The number of nitrogens with zero attached hydrogens (tertiary/aromatic N) is 4. The molecule has 0 saturated carbocycles. The van der Waals surface area contributed by atoms with Crippen molar-refractivity contribution < 1.29 is 14.1 Å². The summed E-state index contributed by atoms with van der Waals surface area (Å²) in [5.74, 6) is 0.238. The Morgan fingerprint density at radius 1 is 1.09 bits per heavy atom. The van der Waals surface area contributed by atoms with Gasteiger partial charge in [-0.25, -0.2) is 4.98 Å². The zero-order valence-electron chi connectivity index (χ0n) is 18.8. The van der Waals surface area contributed by atoms with Gasteiger partial charge < -0.3 is 19.6 Å². The van der Waals surface area contributed by atoms with Crippen LogP contribution in [0.1, 0.15) is 16.1 Å². The zero-order chi connectivity index (χ0) is 23.6. The topological polar surface area (TPSA) is 125 Å². The number of nitrogens with one attached hydrogen (secondary N) is 3. The minimum Gasteiger partial charge on any atom is -0.379 e. The van der Waals surface area contributed by atoms with Crippen LogP contribution in [0.2, 0.25) is 0 Å².